The first kappa shape index (κ1) is 8.19. The van der Waals surface area contributed by atoms with E-state index in [0.717, 1.165) is 9.79 Å². The van der Waals surface area contributed by atoms with Gasteiger partial charge in [-0.1, -0.05) is 30.0 Å². The molecule has 3 nitrogen and oxygen atoms in total. The van der Waals surface area contributed by atoms with Crippen molar-refractivity contribution in [1.29, 1.82) is 0 Å². The van der Waals surface area contributed by atoms with Crippen molar-refractivity contribution in [3.05, 3.63) is 36.5 Å². The van der Waals surface area contributed by atoms with Gasteiger partial charge in [0.25, 0.3) is 0 Å². The quantitative estimate of drug-likeness (QED) is 0.764. The summed E-state index contributed by atoms with van der Waals surface area (Å²) in [5, 5.41) is 6.54. The molecule has 0 saturated heterocycles. The summed E-state index contributed by atoms with van der Waals surface area (Å²) >= 11 is 1.60. The number of anilines is 1. The first-order valence-corrected chi connectivity index (χ1v) is 4.69. The van der Waals surface area contributed by atoms with E-state index in [1.54, 1.807) is 18.0 Å². The van der Waals surface area contributed by atoms with Crippen LogP contribution >= 0.6 is 11.8 Å². The van der Waals surface area contributed by atoms with Gasteiger partial charge in [-0.2, -0.15) is 5.10 Å². The standard InChI is InChI=1S/C9H9N3S/c10-9-8(6-11-12-9)13-7-4-2-1-3-5-7/h1-6H,(H3,10,11,12). The third-order valence-corrected chi connectivity index (χ3v) is 2.66. The predicted molar refractivity (Wildman–Crippen MR) is 53.6 cm³/mol. The molecule has 1 heterocycles. The summed E-state index contributed by atoms with van der Waals surface area (Å²) in [6.07, 6.45) is 1.73. The average Bonchev–Trinajstić information content (AvgIpc) is 2.54. The molecule has 1 aromatic heterocycles. The second-order valence-electron chi connectivity index (χ2n) is 2.56. The molecule has 0 radical (unpaired) electrons. The van der Waals surface area contributed by atoms with Gasteiger partial charge in [-0.25, -0.2) is 0 Å². The van der Waals surface area contributed by atoms with Crippen molar-refractivity contribution in [2.45, 2.75) is 9.79 Å². The van der Waals surface area contributed by atoms with Crippen LogP contribution in [0.5, 0.6) is 0 Å². The van der Waals surface area contributed by atoms with Gasteiger partial charge in [0.1, 0.15) is 5.82 Å². The zero-order valence-corrected chi connectivity index (χ0v) is 7.71. The van der Waals surface area contributed by atoms with Crippen molar-refractivity contribution in [2.75, 3.05) is 5.73 Å². The molecule has 1 aromatic carbocycles. The largest absolute Gasteiger partial charge is 0.383 e. The first-order chi connectivity index (χ1) is 6.36. The molecule has 66 valence electrons. The zero-order chi connectivity index (χ0) is 9.10. The Morgan fingerprint density at radius 1 is 1.23 bits per heavy atom. The highest BCUT2D eigenvalue weighted by molar-refractivity contribution is 7.99. The summed E-state index contributed by atoms with van der Waals surface area (Å²) in [4.78, 5) is 2.13. The number of aromatic nitrogens is 2. The number of H-pyrrole nitrogens is 1. The van der Waals surface area contributed by atoms with Crippen LogP contribution in [0.4, 0.5) is 5.82 Å². The normalized spacial score (nSPS) is 10.2. The smallest absolute Gasteiger partial charge is 0.133 e. The van der Waals surface area contributed by atoms with Gasteiger partial charge >= 0.3 is 0 Å². The lowest BCUT2D eigenvalue weighted by Gasteiger charge is -1.97. The number of hydrogen-bond donors (Lipinski definition) is 2. The van der Waals surface area contributed by atoms with Crippen LogP contribution in [0.1, 0.15) is 0 Å². The Kier molecular flexibility index (Phi) is 2.23. The van der Waals surface area contributed by atoms with Crippen LogP contribution in [0, 0.1) is 0 Å². The van der Waals surface area contributed by atoms with Crippen LogP contribution in [0.25, 0.3) is 0 Å². The van der Waals surface area contributed by atoms with Gasteiger partial charge in [0, 0.05) is 4.90 Å². The Morgan fingerprint density at radius 3 is 2.62 bits per heavy atom. The third-order valence-electron chi connectivity index (χ3n) is 1.60. The number of aromatic amines is 1. The number of nitrogens with one attached hydrogen (secondary N) is 1. The number of nitrogens with zero attached hydrogens (tertiary/aromatic N) is 1. The molecule has 0 fully saturated rings. The van der Waals surface area contributed by atoms with Crippen molar-refractivity contribution >= 4 is 17.6 Å². The Labute approximate surface area is 80.3 Å². The fourth-order valence-electron chi connectivity index (χ4n) is 0.982. The van der Waals surface area contributed by atoms with E-state index >= 15 is 0 Å². The van der Waals surface area contributed by atoms with Crippen LogP contribution in [0.2, 0.25) is 0 Å². The second kappa shape index (κ2) is 3.53. The lowest BCUT2D eigenvalue weighted by molar-refractivity contribution is 1.10. The average molecular weight is 191 g/mol. The third kappa shape index (κ3) is 1.84. The highest BCUT2D eigenvalue weighted by Crippen LogP contribution is 2.29. The maximum absolute atomic E-state index is 5.65. The molecule has 0 aliphatic rings. The van der Waals surface area contributed by atoms with Crippen LogP contribution < -0.4 is 5.73 Å². The molecular formula is C9H9N3S. The lowest BCUT2D eigenvalue weighted by Crippen LogP contribution is -1.85. The molecule has 0 unspecified atom stereocenters. The molecule has 0 amide bonds. The topological polar surface area (TPSA) is 54.7 Å². The van der Waals surface area contributed by atoms with Gasteiger partial charge < -0.3 is 5.73 Å². The van der Waals surface area contributed by atoms with Crippen molar-refractivity contribution in [2.24, 2.45) is 0 Å². The van der Waals surface area contributed by atoms with E-state index in [9.17, 15) is 0 Å². The number of rotatable bonds is 2. The van der Waals surface area contributed by atoms with E-state index in [0.29, 0.717) is 5.82 Å². The monoisotopic (exact) mass is 191 g/mol. The molecular weight excluding hydrogens is 182 g/mol. The van der Waals surface area contributed by atoms with Crippen molar-refractivity contribution in [1.82, 2.24) is 10.2 Å². The highest BCUT2D eigenvalue weighted by Gasteiger charge is 2.02. The van der Waals surface area contributed by atoms with Gasteiger partial charge in [0.15, 0.2) is 0 Å². The molecule has 2 aromatic rings. The molecule has 0 bridgehead atoms. The molecule has 3 N–H and O–H groups in total. The van der Waals surface area contributed by atoms with Crippen LogP contribution in [0.15, 0.2) is 46.3 Å². The lowest BCUT2D eigenvalue weighted by atomic mass is 10.4. The summed E-state index contributed by atoms with van der Waals surface area (Å²) in [6, 6.07) is 10.1. The van der Waals surface area contributed by atoms with E-state index < -0.39 is 0 Å². The van der Waals surface area contributed by atoms with Gasteiger partial charge in [0.05, 0.1) is 11.1 Å². The van der Waals surface area contributed by atoms with Crippen molar-refractivity contribution < 1.29 is 0 Å². The maximum Gasteiger partial charge on any atom is 0.133 e. The first-order valence-electron chi connectivity index (χ1n) is 3.88. The molecule has 4 heteroatoms. The minimum Gasteiger partial charge on any atom is -0.383 e. The molecule has 13 heavy (non-hydrogen) atoms. The zero-order valence-electron chi connectivity index (χ0n) is 6.90. The van der Waals surface area contributed by atoms with Crippen molar-refractivity contribution in [3.63, 3.8) is 0 Å². The minimum atomic E-state index is 0.619. The van der Waals surface area contributed by atoms with E-state index in [1.165, 1.54) is 0 Å². The number of nitrogens with two attached hydrogens (primary N) is 1. The summed E-state index contributed by atoms with van der Waals surface area (Å²) in [6.45, 7) is 0. The SMILES string of the molecule is Nc1[nH]ncc1Sc1ccccc1. The Balaban J connectivity index is 2.20. The van der Waals surface area contributed by atoms with Gasteiger partial charge in [-0.05, 0) is 12.1 Å². The van der Waals surface area contributed by atoms with E-state index in [-0.39, 0.29) is 0 Å². The summed E-state index contributed by atoms with van der Waals surface area (Å²) < 4.78 is 0. The Hall–Kier alpha value is -1.42. The molecule has 0 aliphatic carbocycles. The van der Waals surface area contributed by atoms with E-state index in [1.807, 2.05) is 30.3 Å². The fraction of sp³-hybridized carbons (Fsp3) is 0. The molecule has 2 rings (SSSR count). The fourth-order valence-corrected chi connectivity index (χ4v) is 1.79. The summed E-state index contributed by atoms with van der Waals surface area (Å²) in [5.74, 6) is 0.619. The summed E-state index contributed by atoms with van der Waals surface area (Å²) in [7, 11) is 0. The van der Waals surface area contributed by atoms with Crippen LogP contribution in [-0.4, -0.2) is 10.2 Å². The predicted octanol–water partition coefficient (Wildman–Crippen LogP) is 2.14. The van der Waals surface area contributed by atoms with Gasteiger partial charge in [-0.3, -0.25) is 5.10 Å². The number of hydrogen-bond acceptors (Lipinski definition) is 3. The Bertz CT molecular complexity index is 383. The Morgan fingerprint density at radius 2 is 2.00 bits per heavy atom. The maximum atomic E-state index is 5.65. The minimum absolute atomic E-state index is 0.619. The molecule has 0 aliphatic heterocycles. The number of benzene rings is 1. The highest BCUT2D eigenvalue weighted by atomic mass is 32.2. The molecule has 0 spiro atoms. The van der Waals surface area contributed by atoms with Gasteiger partial charge in [0.2, 0.25) is 0 Å². The van der Waals surface area contributed by atoms with Crippen LogP contribution in [0.3, 0.4) is 0 Å². The summed E-state index contributed by atoms with van der Waals surface area (Å²) in [5.41, 5.74) is 5.65. The van der Waals surface area contributed by atoms with Crippen molar-refractivity contribution in [3.8, 4) is 0 Å². The van der Waals surface area contributed by atoms with E-state index in [4.69, 9.17) is 5.73 Å². The molecule has 0 atom stereocenters. The second-order valence-corrected chi connectivity index (χ2v) is 3.68. The van der Waals surface area contributed by atoms with Gasteiger partial charge in [-0.15, -0.1) is 0 Å². The molecule has 0 saturated carbocycles. The van der Waals surface area contributed by atoms with E-state index in [2.05, 4.69) is 10.2 Å². The number of nitrogen functional groups attached to an aromatic ring is 1. The van der Waals surface area contributed by atoms with Crippen LogP contribution in [-0.2, 0) is 0 Å².